The number of aliphatic hydroxyl groups is 1. The summed E-state index contributed by atoms with van der Waals surface area (Å²) in [6.45, 7) is 3.17. The predicted molar refractivity (Wildman–Crippen MR) is 73.6 cm³/mol. The lowest BCUT2D eigenvalue weighted by atomic mass is 10.2. The van der Waals surface area contributed by atoms with E-state index in [1.54, 1.807) is 12.1 Å². The average Bonchev–Trinajstić information content (AvgIpc) is 2.27. The minimum Gasteiger partial charge on any atom is -0.396 e. The van der Waals surface area contributed by atoms with E-state index in [9.17, 15) is 8.42 Å². The van der Waals surface area contributed by atoms with Gasteiger partial charge in [-0.15, -0.1) is 0 Å². The molecular weight excluding hydrogens is 252 g/mol. The van der Waals surface area contributed by atoms with Crippen LogP contribution >= 0.6 is 0 Å². The van der Waals surface area contributed by atoms with Crippen molar-refractivity contribution in [2.45, 2.75) is 18.2 Å². The van der Waals surface area contributed by atoms with Crippen LogP contribution in [-0.4, -0.2) is 39.5 Å². The summed E-state index contributed by atoms with van der Waals surface area (Å²) in [5.74, 6) is 0. The van der Waals surface area contributed by atoms with Gasteiger partial charge < -0.3 is 15.7 Å². The molecule has 5 nitrogen and oxygen atoms in total. The number of para-hydroxylation sites is 1. The molecule has 0 unspecified atom stereocenters. The van der Waals surface area contributed by atoms with E-state index >= 15 is 0 Å². The maximum absolute atomic E-state index is 11.6. The summed E-state index contributed by atoms with van der Waals surface area (Å²) in [6, 6.07) is 4.94. The summed E-state index contributed by atoms with van der Waals surface area (Å²) < 4.78 is 23.2. The molecule has 102 valence electrons. The van der Waals surface area contributed by atoms with Crippen LogP contribution in [-0.2, 0) is 9.84 Å². The molecule has 3 N–H and O–H groups in total. The van der Waals surface area contributed by atoms with Crippen LogP contribution in [0.25, 0.3) is 0 Å². The number of benzene rings is 1. The highest BCUT2D eigenvalue weighted by atomic mass is 32.2. The Hall–Kier alpha value is -1.27. The maximum Gasteiger partial charge on any atom is 0.177 e. The number of hydrogen-bond acceptors (Lipinski definition) is 5. The Balaban J connectivity index is 3.24. The molecule has 0 saturated heterocycles. The molecule has 0 spiro atoms. The Kier molecular flexibility index (Phi) is 4.98. The van der Waals surface area contributed by atoms with E-state index in [0.29, 0.717) is 12.2 Å². The summed E-state index contributed by atoms with van der Waals surface area (Å²) >= 11 is 0. The van der Waals surface area contributed by atoms with Crippen molar-refractivity contribution in [1.29, 1.82) is 0 Å². The Labute approximate surface area is 108 Å². The summed E-state index contributed by atoms with van der Waals surface area (Å²) in [5, 5.41) is 9.04. The fourth-order valence-corrected chi connectivity index (χ4v) is 2.70. The maximum atomic E-state index is 11.6. The van der Waals surface area contributed by atoms with Crippen molar-refractivity contribution in [2.75, 3.05) is 36.6 Å². The molecule has 0 aliphatic heterocycles. The van der Waals surface area contributed by atoms with Gasteiger partial charge in [-0.3, -0.25) is 0 Å². The van der Waals surface area contributed by atoms with Crippen molar-refractivity contribution in [3.8, 4) is 0 Å². The SMILES string of the molecule is CCCN(CCO)c1cccc(S(C)(=O)=O)c1N. The monoisotopic (exact) mass is 272 g/mol. The quantitative estimate of drug-likeness (QED) is 0.751. The number of nitrogens with zero attached hydrogens (tertiary/aromatic N) is 1. The third-order valence-electron chi connectivity index (χ3n) is 2.65. The van der Waals surface area contributed by atoms with Gasteiger partial charge in [0.1, 0.15) is 0 Å². The molecule has 18 heavy (non-hydrogen) atoms. The van der Waals surface area contributed by atoms with Crippen LogP contribution in [0.2, 0.25) is 0 Å². The minimum atomic E-state index is -3.33. The van der Waals surface area contributed by atoms with Crippen molar-refractivity contribution in [2.24, 2.45) is 0 Å². The third kappa shape index (κ3) is 3.36. The van der Waals surface area contributed by atoms with Crippen LogP contribution in [0, 0.1) is 0 Å². The normalized spacial score (nSPS) is 11.5. The Morgan fingerprint density at radius 3 is 2.50 bits per heavy atom. The van der Waals surface area contributed by atoms with Crippen LogP contribution in [0.3, 0.4) is 0 Å². The van der Waals surface area contributed by atoms with Gasteiger partial charge >= 0.3 is 0 Å². The number of hydrogen-bond donors (Lipinski definition) is 2. The van der Waals surface area contributed by atoms with Crippen LogP contribution in [0.15, 0.2) is 23.1 Å². The first-order valence-electron chi connectivity index (χ1n) is 5.86. The Bertz CT molecular complexity index is 494. The fraction of sp³-hybridized carbons (Fsp3) is 0.500. The minimum absolute atomic E-state index is 0.00252. The van der Waals surface area contributed by atoms with E-state index in [4.69, 9.17) is 10.8 Å². The van der Waals surface area contributed by atoms with Crippen molar-refractivity contribution in [1.82, 2.24) is 0 Å². The molecule has 0 aliphatic rings. The highest BCUT2D eigenvalue weighted by molar-refractivity contribution is 7.90. The number of nitrogen functional groups attached to an aromatic ring is 1. The molecule has 0 atom stereocenters. The second kappa shape index (κ2) is 6.06. The molecule has 0 heterocycles. The fourth-order valence-electron chi connectivity index (χ4n) is 1.87. The van der Waals surface area contributed by atoms with Gasteiger partial charge in [0.25, 0.3) is 0 Å². The highest BCUT2D eigenvalue weighted by Crippen LogP contribution is 2.29. The first kappa shape index (κ1) is 14.8. The number of anilines is 2. The lowest BCUT2D eigenvalue weighted by Crippen LogP contribution is -2.28. The molecule has 0 aromatic heterocycles. The van der Waals surface area contributed by atoms with Crippen LogP contribution < -0.4 is 10.6 Å². The Morgan fingerprint density at radius 1 is 1.33 bits per heavy atom. The predicted octanol–water partition coefficient (Wildman–Crippen LogP) is 0.881. The standard InChI is InChI=1S/C12H20N2O3S/c1-3-7-14(8-9-15)10-5-4-6-11(12(10)13)18(2,16)17/h4-6,15H,3,7-9,13H2,1-2H3. The number of rotatable bonds is 6. The van der Waals surface area contributed by atoms with E-state index in [1.165, 1.54) is 6.07 Å². The van der Waals surface area contributed by atoms with Crippen LogP contribution in [0.1, 0.15) is 13.3 Å². The molecule has 0 aliphatic carbocycles. The van der Waals surface area contributed by atoms with Gasteiger partial charge in [0.2, 0.25) is 0 Å². The van der Waals surface area contributed by atoms with E-state index in [1.807, 2.05) is 11.8 Å². The van der Waals surface area contributed by atoms with E-state index < -0.39 is 9.84 Å². The molecule has 0 radical (unpaired) electrons. The number of aliphatic hydroxyl groups excluding tert-OH is 1. The van der Waals surface area contributed by atoms with E-state index in [0.717, 1.165) is 19.2 Å². The molecule has 1 aromatic carbocycles. The van der Waals surface area contributed by atoms with Gasteiger partial charge in [0, 0.05) is 19.3 Å². The zero-order chi connectivity index (χ0) is 13.8. The molecule has 6 heteroatoms. The van der Waals surface area contributed by atoms with E-state index in [-0.39, 0.29) is 17.2 Å². The van der Waals surface area contributed by atoms with Gasteiger partial charge in [-0.2, -0.15) is 0 Å². The van der Waals surface area contributed by atoms with Gasteiger partial charge in [-0.1, -0.05) is 13.0 Å². The second-order valence-electron chi connectivity index (χ2n) is 4.17. The lowest BCUT2D eigenvalue weighted by molar-refractivity contribution is 0.302. The Morgan fingerprint density at radius 2 is 2.00 bits per heavy atom. The second-order valence-corrected chi connectivity index (χ2v) is 6.16. The molecule has 1 aromatic rings. The molecule has 0 fully saturated rings. The van der Waals surface area contributed by atoms with Crippen molar-refractivity contribution in [3.05, 3.63) is 18.2 Å². The molecule has 0 saturated carbocycles. The summed E-state index contributed by atoms with van der Waals surface area (Å²) in [4.78, 5) is 2.03. The molecule has 1 rings (SSSR count). The zero-order valence-electron chi connectivity index (χ0n) is 10.8. The van der Waals surface area contributed by atoms with E-state index in [2.05, 4.69) is 0 Å². The third-order valence-corrected chi connectivity index (χ3v) is 3.80. The van der Waals surface area contributed by atoms with Crippen LogP contribution in [0.5, 0.6) is 0 Å². The first-order valence-corrected chi connectivity index (χ1v) is 7.75. The molecule has 0 bridgehead atoms. The molecule has 0 amide bonds. The summed E-state index contributed by atoms with van der Waals surface area (Å²) in [5.41, 5.74) is 6.84. The van der Waals surface area contributed by atoms with Crippen molar-refractivity contribution in [3.63, 3.8) is 0 Å². The first-order chi connectivity index (χ1) is 8.41. The smallest absolute Gasteiger partial charge is 0.177 e. The summed E-state index contributed by atoms with van der Waals surface area (Å²) in [7, 11) is -3.33. The van der Waals surface area contributed by atoms with Gasteiger partial charge in [0.15, 0.2) is 9.84 Å². The number of nitrogens with two attached hydrogens (primary N) is 1. The highest BCUT2D eigenvalue weighted by Gasteiger charge is 2.17. The lowest BCUT2D eigenvalue weighted by Gasteiger charge is -2.25. The zero-order valence-corrected chi connectivity index (χ0v) is 11.6. The van der Waals surface area contributed by atoms with Crippen molar-refractivity contribution < 1.29 is 13.5 Å². The van der Waals surface area contributed by atoms with Gasteiger partial charge in [-0.05, 0) is 18.6 Å². The summed E-state index contributed by atoms with van der Waals surface area (Å²) in [6.07, 6.45) is 2.03. The van der Waals surface area contributed by atoms with Gasteiger partial charge in [0.05, 0.1) is 22.9 Å². The average molecular weight is 272 g/mol. The van der Waals surface area contributed by atoms with Crippen molar-refractivity contribution >= 4 is 21.2 Å². The van der Waals surface area contributed by atoms with Gasteiger partial charge in [-0.25, -0.2) is 8.42 Å². The number of sulfone groups is 1. The topological polar surface area (TPSA) is 83.6 Å². The largest absolute Gasteiger partial charge is 0.396 e. The van der Waals surface area contributed by atoms with Crippen LogP contribution in [0.4, 0.5) is 11.4 Å². The molecular formula is C12H20N2O3S.